The first-order chi connectivity index (χ1) is 20.5. The molecule has 3 aromatic rings. The average molecular weight is 650 g/mol. The van der Waals surface area contributed by atoms with Crippen molar-refractivity contribution in [3.8, 4) is 5.75 Å². The van der Waals surface area contributed by atoms with Crippen molar-refractivity contribution in [2.45, 2.75) is 101 Å². The highest BCUT2D eigenvalue weighted by Gasteiger charge is 2.29. The second-order valence-electron chi connectivity index (χ2n) is 11.1. The molecule has 0 atom stereocenters. The Bertz CT molecular complexity index is 1500. The predicted molar refractivity (Wildman–Crippen MR) is 177 cm³/mol. The number of nitrogens with zero attached hydrogens (tertiary/aromatic N) is 4. The lowest BCUT2D eigenvalue weighted by molar-refractivity contribution is 0.303. The summed E-state index contributed by atoms with van der Waals surface area (Å²) in [4.78, 5) is 8.97. The van der Waals surface area contributed by atoms with Gasteiger partial charge in [0.05, 0.1) is 28.9 Å². The van der Waals surface area contributed by atoms with Crippen LogP contribution >= 0.6 is 23.5 Å². The van der Waals surface area contributed by atoms with Crippen molar-refractivity contribution in [2.75, 3.05) is 16.9 Å². The average Bonchev–Trinajstić information content (AvgIpc) is 3.72. The Balaban J connectivity index is 0.00000207. The Kier molecular flexibility index (Phi) is 11.2. The maximum Gasteiger partial charge on any atom is 0.229 e. The van der Waals surface area contributed by atoms with E-state index in [-0.39, 0.29) is 22.0 Å². The summed E-state index contributed by atoms with van der Waals surface area (Å²) in [7, 11) is -1.97. The van der Waals surface area contributed by atoms with E-state index < -0.39 is 15.1 Å². The summed E-state index contributed by atoms with van der Waals surface area (Å²) >= 11 is 8.13. The number of nitrogens with one attached hydrogen (secondary N) is 3. The van der Waals surface area contributed by atoms with Crippen LogP contribution in [0.3, 0.4) is 0 Å². The molecule has 13 heteroatoms. The maximum atomic E-state index is 12.9. The summed E-state index contributed by atoms with van der Waals surface area (Å²) in [5, 5.41) is 10.1. The number of hydrogen-bond acceptors (Lipinski definition) is 10. The number of benzene rings is 1. The first-order valence-electron chi connectivity index (χ1n) is 15.0. The Morgan fingerprint density at radius 3 is 2.40 bits per heavy atom. The number of sulfone groups is 1. The third kappa shape index (κ3) is 8.14. The lowest BCUT2D eigenvalue weighted by Crippen LogP contribution is -2.28. The van der Waals surface area contributed by atoms with Crippen LogP contribution in [0.5, 0.6) is 5.75 Å². The van der Waals surface area contributed by atoms with Crippen molar-refractivity contribution in [3.05, 3.63) is 40.7 Å². The number of aromatic nitrogens is 4. The monoisotopic (exact) mass is 649 g/mol. The summed E-state index contributed by atoms with van der Waals surface area (Å²) in [6.45, 7) is 9.38. The van der Waals surface area contributed by atoms with Crippen molar-refractivity contribution in [1.82, 2.24) is 24.5 Å². The summed E-state index contributed by atoms with van der Waals surface area (Å²) in [5.41, 5.74) is 3.62. The Morgan fingerprint density at radius 2 is 1.77 bits per heavy atom. The van der Waals surface area contributed by atoms with Crippen LogP contribution in [-0.2, 0) is 16.9 Å². The van der Waals surface area contributed by atoms with Crippen LogP contribution in [-0.4, -0.2) is 51.8 Å². The van der Waals surface area contributed by atoms with Gasteiger partial charge in [0, 0.05) is 19.3 Å². The third-order valence-electron chi connectivity index (χ3n) is 7.57. The van der Waals surface area contributed by atoms with Gasteiger partial charge in [-0.05, 0) is 94.7 Å². The third-order valence-corrected chi connectivity index (χ3v) is 10.5. The lowest BCUT2D eigenvalue weighted by Gasteiger charge is -2.30. The molecule has 0 radical (unpaired) electrons. The molecule has 2 aliphatic rings. The van der Waals surface area contributed by atoms with Crippen molar-refractivity contribution in [1.29, 1.82) is 0 Å². The minimum atomic E-state index is -3.63. The molecule has 0 saturated heterocycles. The molecule has 43 heavy (non-hydrogen) atoms. The molecule has 0 unspecified atom stereocenters. The molecular formula is C30H44ClN7O3S2. The molecule has 3 N–H and O–H groups in total. The van der Waals surface area contributed by atoms with Gasteiger partial charge in [-0.2, -0.15) is 10.1 Å². The van der Waals surface area contributed by atoms with Gasteiger partial charge in [-0.1, -0.05) is 37.4 Å². The van der Waals surface area contributed by atoms with Gasteiger partial charge in [0.25, 0.3) is 0 Å². The fourth-order valence-electron chi connectivity index (χ4n) is 5.14. The summed E-state index contributed by atoms with van der Waals surface area (Å²) in [5.74, 6) is 1.88. The highest BCUT2D eigenvalue weighted by Crippen LogP contribution is 2.41. The normalized spacial score (nSPS) is 18.6. The summed E-state index contributed by atoms with van der Waals surface area (Å²) in [6.07, 6.45) is 12.1. The second-order valence-corrected chi connectivity index (χ2v) is 14.6. The van der Waals surface area contributed by atoms with Gasteiger partial charge in [-0.25, -0.2) is 13.4 Å². The van der Waals surface area contributed by atoms with E-state index in [9.17, 15) is 8.42 Å². The number of aryl methyl sites for hydroxylation is 2. The second kappa shape index (κ2) is 14.5. The lowest BCUT2D eigenvalue weighted by atomic mass is 9.80. The van der Waals surface area contributed by atoms with E-state index in [0.717, 1.165) is 50.0 Å². The molecule has 10 nitrogen and oxygen atoms in total. The molecule has 2 fully saturated rings. The molecule has 236 valence electrons. The van der Waals surface area contributed by atoms with Crippen molar-refractivity contribution in [2.24, 2.45) is 7.05 Å². The molecule has 2 aliphatic carbocycles. The fourth-order valence-corrected chi connectivity index (χ4v) is 6.95. The molecule has 5 rings (SSSR count). The van der Waals surface area contributed by atoms with Crippen LogP contribution in [0.25, 0.3) is 0 Å². The van der Waals surface area contributed by atoms with E-state index in [1.165, 1.54) is 22.0 Å². The van der Waals surface area contributed by atoms with Gasteiger partial charge < -0.3 is 15.4 Å². The minimum absolute atomic E-state index is 0.0521. The van der Waals surface area contributed by atoms with Gasteiger partial charge in [0.1, 0.15) is 10.8 Å². The molecule has 0 bridgehead atoms. The van der Waals surface area contributed by atoms with Crippen LogP contribution in [0, 0.1) is 6.92 Å². The fraction of sp³-hybridized carbons (Fsp3) is 0.567. The standard InChI is InChI=1S/C28H38ClN7O3S2.C2H6/c1-16(2)41(37,38)27-24(15-36(4)34-27)31-26-22(29)14-30-28(33-26)32-23-12-17(3)21(13-25(23)39-20-10-11-20)18-6-8-19(9-7-18)35-40-5;1-2/h12-16,18-20,35H,6-11H2,1-5H3,(H2,30,31,32,33);1-2H3. The molecular weight excluding hydrogens is 606 g/mol. The Morgan fingerprint density at radius 1 is 1.07 bits per heavy atom. The van der Waals surface area contributed by atoms with Crippen molar-refractivity contribution in [3.63, 3.8) is 0 Å². The zero-order chi connectivity index (χ0) is 31.3. The largest absolute Gasteiger partial charge is 0.488 e. The summed E-state index contributed by atoms with van der Waals surface area (Å²) < 4.78 is 37.1. The highest BCUT2D eigenvalue weighted by molar-refractivity contribution is 7.96. The molecule has 2 aromatic heterocycles. The van der Waals surface area contributed by atoms with Gasteiger partial charge in [-0.3, -0.25) is 9.40 Å². The SMILES string of the molecule is CC.CSNC1CCC(c2cc(OC3CC3)c(Nc3ncc(Cl)c(Nc4cn(C)nc4S(=O)(=O)C(C)C)n3)cc2C)CC1. The summed E-state index contributed by atoms with van der Waals surface area (Å²) in [6, 6.07) is 4.87. The van der Waals surface area contributed by atoms with Gasteiger partial charge in [0.15, 0.2) is 5.82 Å². The van der Waals surface area contributed by atoms with Crippen LogP contribution in [0.2, 0.25) is 5.02 Å². The van der Waals surface area contributed by atoms with Crippen LogP contribution < -0.4 is 20.1 Å². The van der Waals surface area contributed by atoms with Gasteiger partial charge in [0.2, 0.25) is 20.8 Å². The molecule has 1 aromatic carbocycles. The highest BCUT2D eigenvalue weighted by atomic mass is 35.5. The number of halogens is 1. The predicted octanol–water partition coefficient (Wildman–Crippen LogP) is 7.30. The number of ether oxygens (including phenoxy) is 1. The van der Waals surface area contributed by atoms with Crippen molar-refractivity contribution < 1.29 is 13.2 Å². The zero-order valence-electron chi connectivity index (χ0n) is 26.1. The number of hydrogen-bond donors (Lipinski definition) is 3. The topological polar surface area (TPSA) is 123 Å². The zero-order valence-corrected chi connectivity index (χ0v) is 28.5. The molecule has 2 saturated carbocycles. The molecule has 0 spiro atoms. The number of anilines is 4. The van der Waals surface area contributed by atoms with E-state index in [2.05, 4.69) is 55.7 Å². The van der Waals surface area contributed by atoms with Crippen LogP contribution in [0.15, 0.2) is 29.6 Å². The van der Waals surface area contributed by atoms with E-state index >= 15 is 0 Å². The van der Waals surface area contributed by atoms with E-state index in [1.807, 2.05) is 13.8 Å². The number of rotatable bonds is 11. The van der Waals surface area contributed by atoms with Crippen molar-refractivity contribution >= 4 is 56.5 Å². The van der Waals surface area contributed by atoms with E-state index in [0.29, 0.717) is 23.6 Å². The first kappa shape index (κ1) is 33.4. The molecule has 0 amide bonds. The smallest absolute Gasteiger partial charge is 0.229 e. The molecule has 0 aliphatic heterocycles. The van der Waals surface area contributed by atoms with Crippen LogP contribution in [0.1, 0.15) is 83.3 Å². The van der Waals surface area contributed by atoms with Crippen LogP contribution in [0.4, 0.5) is 23.1 Å². The van der Waals surface area contributed by atoms with Gasteiger partial charge in [-0.15, -0.1) is 0 Å². The quantitative estimate of drug-likeness (QED) is 0.182. The van der Waals surface area contributed by atoms with Gasteiger partial charge >= 0.3 is 0 Å². The maximum absolute atomic E-state index is 12.9. The first-order valence-corrected chi connectivity index (χ1v) is 18.1. The van der Waals surface area contributed by atoms with E-state index in [1.54, 1.807) is 39.0 Å². The van der Waals surface area contributed by atoms with E-state index in [4.69, 9.17) is 16.3 Å². The Labute approximate surface area is 265 Å². The minimum Gasteiger partial charge on any atom is -0.488 e. The Hall–Kier alpha value is -2.54. The molecule has 2 heterocycles.